The van der Waals surface area contributed by atoms with Crippen LogP contribution in [-0.4, -0.2) is 15.2 Å². The summed E-state index contributed by atoms with van der Waals surface area (Å²) in [5, 5.41) is 23.6. The number of benzene rings is 2. The fraction of sp³-hybridized carbons (Fsp3) is 0.158. The van der Waals surface area contributed by atoms with Gasteiger partial charge in [-0.05, 0) is 44.0 Å². The third kappa shape index (κ3) is 3.72. The Morgan fingerprint density at radius 1 is 1.00 bits per heavy atom. The summed E-state index contributed by atoms with van der Waals surface area (Å²) in [4.78, 5) is 4.44. The van der Waals surface area contributed by atoms with Crippen molar-refractivity contribution in [3.63, 3.8) is 0 Å². The van der Waals surface area contributed by atoms with Gasteiger partial charge in [0.1, 0.15) is 6.07 Å². The van der Waals surface area contributed by atoms with Crippen LogP contribution in [0.25, 0.3) is 0 Å². The number of hydrogen-bond donors (Lipinski definition) is 2. The average Bonchev–Trinajstić information content (AvgIpc) is 2.59. The number of para-hydroxylation sites is 1. The molecule has 3 aromatic rings. The molecule has 1 aromatic heterocycles. The largest absolute Gasteiger partial charge is 0.338 e. The first kappa shape index (κ1) is 16.4. The van der Waals surface area contributed by atoms with E-state index in [1.165, 1.54) is 11.8 Å². The molecule has 1 heterocycles. The van der Waals surface area contributed by atoms with Gasteiger partial charge in [-0.1, -0.05) is 29.8 Å². The van der Waals surface area contributed by atoms with Crippen molar-refractivity contribution in [2.75, 3.05) is 10.6 Å². The van der Waals surface area contributed by atoms with Crippen LogP contribution in [-0.2, 0) is 0 Å². The minimum Gasteiger partial charge on any atom is -0.338 e. The molecular weight excluding hydrogens is 312 g/mol. The summed E-state index contributed by atoms with van der Waals surface area (Å²) in [6.07, 6.45) is 1.52. The maximum Gasteiger partial charge on any atom is 0.249 e. The van der Waals surface area contributed by atoms with Gasteiger partial charge in [-0.25, -0.2) is 0 Å². The molecule has 0 atom stereocenters. The van der Waals surface area contributed by atoms with Gasteiger partial charge in [0.2, 0.25) is 5.95 Å². The minimum atomic E-state index is 0.398. The maximum atomic E-state index is 9.18. The second-order valence-corrected chi connectivity index (χ2v) is 5.85. The van der Waals surface area contributed by atoms with Gasteiger partial charge in [0.15, 0.2) is 5.82 Å². The number of nitrogens with zero attached hydrogens (tertiary/aromatic N) is 4. The van der Waals surface area contributed by atoms with Gasteiger partial charge < -0.3 is 10.6 Å². The predicted octanol–water partition coefficient (Wildman–Crippen LogP) is 4.16. The molecule has 3 rings (SSSR count). The summed E-state index contributed by atoms with van der Waals surface area (Å²) in [5.41, 5.74) is 5.65. The van der Waals surface area contributed by atoms with Gasteiger partial charge in [0.25, 0.3) is 0 Å². The van der Waals surface area contributed by atoms with Crippen molar-refractivity contribution in [2.45, 2.75) is 20.8 Å². The molecule has 6 nitrogen and oxygen atoms in total. The molecule has 0 fully saturated rings. The number of nitrogens with one attached hydrogen (secondary N) is 2. The lowest BCUT2D eigenvalue weighted by Gasteiger charge is -2.13. The van der Waals surface area contributed by atoms with Crippen LogP contribution in [0.1, 0.15) is 22.3 Å². The van der Waals surface area contributed by atoms with E-state index < -0.39 is 0 Å². The SMILES string of the molecule is Cc1cc(C)c(Nc2nncc(Nc3ccccc3C#N)n2)c(C)c1. The zero-order chi connectivity index (χ0) is 17.8. The number of rotatable bonds is 4. The Bertz CT molecular complexity index is 935. The van der Waals surface area contributed by atoms with E-state index >= 15 is 0 Å². The van der Waals surface area contributed by atoms with Crippen molar-refractivity contribution >= 4 is 23.1 Å². The first-order chi connectivity index (χ1) is 12.1. The Hall–Kier alpha value is -3.46. The Labute approximate surface area is 146 Å². The smallest absolute Gasteiger partial charge is 0.249 e. The van der Waals surface area contributed by atoms with Gasteiger partial charge >= 0.3 is 0 Å². The van der Waals surface area contributed by atoms with Crippen LogP contribution in [0.15, 0.2) is 42.6 Å². The van der Waals surface area contributed by atoms with Gasteiger partial charge in [0, 0.05) is 5.69 Å². The molecule has 0 amide bonds. The Kier molecular flexibility index (Phi) is 4.57. The van der Waals surface area contributed by atoms with Crippen LogP contribution < -0.4 is 10.6 Å². The summed E-state index contributed by atoms with van der Waals surface area (Å²) in [7, 11) is 0. The van der Waals surface area contributed by atoms with Crippen LogP contribution in [0.3, 0.4) is 0 Å². The number of aromatic nitrogens is 3. The van der Waals surface area contributed by atoms with Gasteiger partial charge in [0.05, 0.1) is 17.4 Å². The van der Waals surface area contributed by atoms with Crippen LogP contribution in [0.4, 0.5) is 23.1 Å². The molecule has 124 valence electrons. The molecule has 0 radical (unpaired) electrons. The lowest BCUT2D eigenvalue weighted by molar-refractivity contribution is 0.980. The molecule has 2 aromatic carbocycles. The molecule has 25 heavy (non-hydrogen) atoms. The van der Waals surface area contributed by atoms with Crippen LogP contribution in [0.2, 0.25) is 0 Å². The lowest BCUT2D eigenvalue weighted by Crippen LogP contribution is -2.05. The fourth-order valence-electron chi connectivity index (χ4n) is 2.73. The van der Waals surface area contributed by atoms with Gasteiger partial charge in [-0.15, -0.1) is 5.10 Å². The monoisotopic (exact) mass is 330 g/mol. The maximum absolute atomic E-state index is 9.18. The van der Waals surface area contributed by atoms with E-state index in [4.69, 9.17) is 0 Å². The number of hydrogen-bond acceptors (Lipinski definition) is 6. The summed E-state index contributed by atoms with van der Waals surface area (Å²) >= 11 is 0. The van der Waals surface area contributed by atoms with E-state index in [2.05, 4.69) is 50.9 Å². The van der Waals surface area contributed by atoms with E-state index in [-0.39, 0.29) is 0 Å². The third-order valence-electron chi connectivity index (χ3n) is 3.78. The lowest BCUT2D eigenvalue weighted by atomic mass is 10.1. The molecule has 0 saturated heterocycles. The van der Waals surface area contributed by atoms with Crippen LogP contribution in [0.5, 0.6) is 0 Å². The highest BCUT2D eigenvalue weighted by atomic mass is 15.3. The number of nitriles is 1. The number of aryl methyl sites for hydroxylation is 3. The highest BCUT2D eigenvalue weighted by Crippen LogP contribution is 2.25. The second-order valence-electron chi connectivity index (χ2n) is 5.85. The quantitative estimate of drug-likeness (QED) is 0.747. The van der Waals surface area contributed by atoms with Gasteiger partial charge in [-0.2, -0.15) is 15.3 Å². The molecule has 0 aliphatic rings. The molecule has 2 N–H and O–H groups in total. The average molecular weight is 330 g/mol. The normalized spacial score (nSPS) is 10.2. The molecule has 0 aliphatic heterocycles. The van der Waals surface area contributed by atoms with E-state index in [0.717, 1.165) is 16.8 Å². The summed E-state index contributed by atoms with van der Waals surface area (Å²) in [5.74, 6) is 0.914. The first-order valence-electron chi connectivity index (χ1n) is 7.87. The third-order valence-corrected chi connectivity index (χ3v) is 3.78. The van der Waals surface area contributed by atoms with Crippen molar-refractivity contribution in [3.05, 3.63) is 64.8 Å². The highest BCUT2D eigenvalue weighted by Gasteiger charge is 2.08. The first-order valence-corrected chi connectivity index (χ1v) is 7.87. The van der Waals surface area contributed by atoms with E-state index in [1.54, 1.807) is 6.07 Å². The van der Waals surface area contributed by atoms with Crippen molar-refractivity contribution in [1.82, 2.24) is 15.2 Å². The standard InChI is InChI=1S/C19H18N6/c1-12-8-13(2)18(14(3)9-12)24-19-23-17(11-21-25-19)22-16-7-5-4-6-15(16)10-20/h4-9,11H,1-3H3,(H2,22,23,24,25). The van der Waals surface area contributed by atoms with Gasteiger partial charge in [-0.3, -0.25) is 0 Å². The molecule has 6 heteroatoms. The Morgan fingerprint density at radius 3 is 2.44 bits per heavy atom. The molecule has 0 spiro atoms. The second kappa shape index (κ2) is 6.97. The Balaban J connectivity index is 1.87. The predicted molar refractivity (Wildman–Crippen MR) is 98.2 cm³/mol. The van der Waals surface area contributed by atoms with E-state index in [0.29, 0.717) is 23.0 Å². The van der Waals surface area contributed by atoms with Crippen molar-refractivity contribution in [1.29, 1.82) is 5.26 Å². The molecule has 0 bridgehead atoms. The van der Waals surface area contributed by atoms with E-state index in [9.17, 15) is 5.26 Å². The summed E-state index contributed by atoms with van der Waals surface area (Å²) < 4.78 is 0. The topological polar surface area (TPSA) is 86.5 Å². The molecule has 0 saturated carbocycles. The molecular formula is C19H18N6. The van der Waals surface area contributed by atoms with Crippen LogP contribution in [0, 0.1) is 32.1 Å². The van der Waals surface area contributed by atoms with Crippen molar-refractivity contribution in [2.24, 2.45) is 0 Å². The minimum absolute atomic E-state index is 0.398. The van der Waals surface area contributed by atoms with E-state index in [1.807, 2.05) is 32.0 Å². The number of anilines is 4. The zero-order valence-electron chi connectivity index (χ0n) is 14.3. The molecule has 0 aliphatic carbocycles. The summed E-state index contributed by atoms with van der Waals surface area (Å²) in [6.45, 7) is 6.15. The molecule has 0 unspecified atom stereocenters. The Morgan fingerprint density at radius 2 is 1.72 bits per heavy atom. The van der Waals surface area contributed by atoms with Crippen LogP contribution >= 0.6 is 0 Å². The fourth-order valence-corrected chi connectivity index (χ4v) is 2.73. The van der Waals surface area contributed by atoms with Crippen molar-refractivity contribution in [3.8, 4) is 6.07 Å². The summed E-state index contributed by atoms with van der Waals surface area (Å²) in [6, 6.07) is 13.6. The zero-order valence-corrected chi connectivity index (χ0v) is 14.3. The van der Waals surface area contributed by atoms with Crippen molar-refractivity contribution < 1.29 is 0 Å². The highest BCUT2D eigenvalue weighted by molar-refractivity contribution is 5.66.